The Balaban J connectivity index is 1.72. The summed E-state index contributed by atoms with van der Waals surface area (Å²) in [6.07, 6.45) is 8.51. The molecule has 6 heteroatoms. The Labute approximate surface area is 197 Å². The van der Waals surface area contributed by atoms with Crippen molar-refractivity contribution in [3.63, 3.8) is 0 Å². The molecular weight excluding hydrogens is 420 g/mol. The van der Waals surface area contributed by atoms with Crippen LogP contribution >= 0.6 is 0 Å². The lowest BCUT2D eigenvalue weighted by Crippen LogP contribution is -2.62. The first kappa shape index (κ1) is 24.6. The van der Waals surface area contributed by atoms with E-state index in [0.717, 1.165) is 38.5 Å². The Morgan fingerprint density at radius 2 is 1.94 bits per heavy atom. The maximum atomic E-state index is 13.2. The number of unbranched alkanes of at least 4 members (excludes halogenated alkanes) is 1. The average molecular weight is 461 g/mol. The molecule has 184 valence electrons. The molecular formula is C27H40O6. The van der Waals surface area contributed by atoms with Crippen LogP contribution in [0.2, 0.25) is 0 Å². The lowest BCUT2D eigenvalue weighted by molar-refractivity contribution is -0.199. The number of Topliss-reactive ketones (excluding diaryl/α,β-unsaturated/α-hetero) is 1. The molecule has 0 unspecified atom stereocenters. The smallest absolute Gasteiger partial charge is 0.306 e. The van der Waals surface area contributed by atoms with Gasteiger partial charge < -0.3 is 14.9 Å². The molecule has 33 heavy (non-hydrogen) atoms. The Morgan fingerprint density at radius 1 is 1.18 bits per heavy atom. The first-order valence-corrected chi connectivity index (χ1v) is 12.9. The van der Waals surface area contributed by atoms with Gasteiger partial charge in [-0.05, 0) is 80.6 Å². The Kier molecular flexibility index (Phi) is 6.65. The molecule has 0 saturated heterocycles. The average Bonchev–Trinajstić information content (AvgIpc) is 2.96. The number of carbonyl (C=O) groups excluding carboxylic acids is 3. The first-order chi connectivity index (χ1) is 15.6. The van der Waals surface area contributed by atoms with Gasteiger partial charge in [0.15, 0.2) is 11.4 Å². The van der Waals surface area contributed by atoms with Crippen molar-refractivity contribution >= 4 is 17.5 Å². The van der Waals surface area contributed by atoms with Crippen molar-refractivity contribution in [2.75, 3.05) is 6.61 Å². The summed E-state index contributed by atoms with van der Waals surface area (Å²) in [5, 5.41) is 21.5. The molecule has 0 amide bonds. The van der Waals surface area contributed by atoms with Gasteiger partial charge in [0.05, 0.1) is 6.10 Å². The Hall–Kier alpha value is -1.53. The second-order valence-electron chi connectivity index (χ2n) is 11.5. The zero-order valence-electron chi connectivity index (χ0n) is 20.4. The van der Waals surface area contributed by atoms with Gasteiger partial charge in [-0.3, -0.25) is 14.4 Å². The molecule has 4 aliphatic carbocycles. The Morgan fingerprint density at radius 3 is 2.64 bits per heavy atom. The van der Waals surface area contributed by atoms with Crippen LogP contribution < -0.4 is 0 Å². The molecule has 3 saturated carbocycles. The number of allylic oxidation sites excluding steroid dienone is 2. The number of fused-ring (bicyclic) bond motifs is 5. The monoisotopic (exact) mass is 460 g/mol. The number of rotatable bonds is 6. The van der Waals surface area contributed by atoms with Gasteiger partial charge in [0.25, 0.3) is 0 Å². The van der Waals surface area contributed by atoms with E-state index in [2.05, 4.69) is 6.92 Å². The summed E-state index contributed by atoms with van der Waals surface area (Å²) in [6.45, 7) is 5.55. The molecule has 2 N–H and O–H groups in total. The van der Waals surface area contributed by atoms with Gasteiger partial charge in [0, 0.05) is 18.3 Å². The highest BCUT2D eigenvalue weighted by Gasteiger charge is 2.69. The van der Waals surface area contributed by atoms with E-state index in [4.69, 9.17) is 4.74 Å². The molecule has 0 radical (unpaired) electrons. The number of hydrogen-bond acceptors (Lipinski definition) is 6. The first-order valence-electron chi connectivity index (χ1n) is 12.9. The van der Waals surface area contributed by atoms with Crippen molar-refractivity contribution in [2.45, 2.75) is 103 Å². The number of carbonyl (C=O) groups is 3. The fraction of sp³-hybridized carbons (Fsp3) is 0.815. The third-order valence-corrected chi connectivity index (χ3v) is 9.87. The van der Waals surface area contributed by atoms with Crippen LogP contribution in [0.3, 0.4) is 0 Å². The van der Waals surface area contributed by atoms with Gasteiger partial charge in [-0.1, -0.05) is 32.8 Å². The van der Waals surface area contributed by atoms with E-state index in [9.17, 15) is 24.6 Å². The van der Waals surface area contributed by atoms with Gasteiger partial charge in [-0.15, -0.1) is 0 Å². The predicted molar refractivity (Wildman–Crippen MR) is 123 cm³/mol. The number of aliphatic hydroxyl groups is 2. The Bertz CT molecular complexity index is 848. The van der Waals surface area contributed by atoms with Crippen LogP contribution in [0.25, 0.3) is 0 Å². The zero-order chi connectivity index (χ0) is 24.0. The van der Waals surface area contributed by atoms with E-state index >= 15 is 0 Å². The highest BCUT2D eigenvalue weighted by atomic mass is 16.6. The molecule has 6 nitrogen and oxygen atoms in total. The van der Waals surface area contributed by atoms with Gasteiger partial charge in [-0.25, -0.2) is 0 Å². The lowest BCUT2D eigenvalue weighted by Gasteiger charge is -2.57. The summed E-state index contributed by atoms with van der Waals surface area (Å²) in [5.41, 5.74) is -1.14. The summed E-state index contributed by atoms with van der Waals surface area (Å²) in [6, 6.07) is 0. The van der Waals surface area contributed by atoms with E-state index in [1.807, 2.05) is 19.9 Å². The third kappa shape index (κ3) is 3.72. The number of hydrogen-bond donors (Lipinski definition) is 2. The molecule has 4 aliphatic rings. The summed E-state index contributed by atoms with van der Waals surface area (Å²) >= 11 is 0. The van der Waals surface area contributed by atoms with E-state index < -0.39 is 29.5 Å². The minimum Gasteiger partial charge on any atom is -0.450 e. The fourth-order valence-electron chi connectivity index (χ4n) is 8.26. The van der Waals surface area contributed by atoms with Crippen molar-refractivity contribution in [3.8, 4) is 0 Å². The third-order valence-electron chi connectivity index (χ3n) is 9.87. The minimum atomic E-state index is -1.38. The largest absolute Gasteiger partial charge is 0.450 e. The van der Waals surface area contributed by atoms with Crippen molar-refractivity contribution < 1.29 is 29.3 Å². The molecule has 0 aromatic rings. The SMILES string of the molecule is CCCCC(=O)O[C@]1(C(=O)CO)CC[C@H]2[C@H]3CCCC4=CC(=O)CC[C@]4(C)[C@H]3[C@@H](O)C[C@@]21C. The number of ether oxygens (including phenoxy) is 1. The van der Waals surface area contributed by atoms with E-state index in [0.29, 0.717) is 25.7 Å². The number of aliphatic hydroxyl groups excluding tert-OH is 2. The maximum Gasteiger partial charge on any atom is 0.306 e. The van der Waals surface area contributed by atoms with Crippen LogP contribution in [0.15, 0.2) is 11.6 Å². The summed E-state index contributed by atoms with van der Waals surface area (Å²) in [7, 11) is 0. The van der Waals surface area contributed by atoms with E-state index in [1.165, 1.54) is 5.57 Å². The van der Waals surface area contributed by atoms with Gasteiger partial charge in [0.1, 0.15) is 6.61 Å². The van der Waals surface area contributed by atoms with Crippen molar-refractivity contribution in [1.82, 2.24) is 0 Å². The molecule has 0 aliphatic heterocycles. The molecule has 4 rings (SSSR count). The lowest BCUT2D eigenvalue weighted by atomic mass is 9.49. The summed E-state index contributed by atoms with van der Waals surface area (Å²) in [4.78, 5) is 38.1. The molecule has 0 heterocycles. The molecule has 0 aromatic heterocycles. The van der Waals surface area contributed by atoms with E-state index in [1.54, 1.807) is 0 Å². The quantitative estimate of drug-likeness (QED) is 0.583. The summed E-state index contributed by atoms with van der Waals surface area (Å²) < 4.78 is 6.02. The molecule has 7 atom stereocenters. The topological polar surface area (TPSA) is 101 Å². The van der Waals surface area contributed by atoms with Crippen LogP contribution in [-0.4, -0.2) is 46.1 Å². The number of ketones is 2. The second-order valence-corrected chi connectivity index (χ2v) is 11.5. The molecule has 3 fully saturated rings. The minimum absolute atomic E-state index is 0.0215. The second kappa shape index (κ2) is 8.92. The number of esters is 1. The summed E-state index contributed by atoms with van der Waals surface area (Å²) in [5.74, 6) is -0.316. The predicted octanol–water partition coefficient (Wildman–Crippen LogP) is 3.91. The van der Waals surface area contributed by atoms with Crippen LogP contribution in [-0.2, 0) is 19.1 Å². The van der Waals surface area contributed by atoms with Crippen molar-refractivity contribution in [2.24, 2.45) is 28.6 Å². The van der Waals surface area contributed by atoms with Gasteiger partial charge in [0.2, 0.25) is 5.78 Å². The van der Waals surface area contributed by atoms with E-state index in [-0.39, 0.29) is 41.3 Å². The van der Waals surface area contributed by atoms with Crippen LogP contribution in [0, 0.1) is 28.6 Å². The van der Waals surface area contributed by atoms with Gasteiger partial charge >= 0.3 is 5.97 Å². The molecule has 0 bridgehead atoms. The van der Waals surface area contributed by atoms with Crippen LogP contribution in [0.1, 0.15) is 91.4 Å². The van der Waals surface area contributed by atoms with Gasteiger partial charge in [-0.2, -0.15) is 0 Å². The highest BCUT2D eigenvalue weighted by Crippen LogP contribution is 2.67. The molecule has 0 spiro atoms. The van der Waals surface area contributed by atoms with Crippen molar-refractivity contribution in [1.29, 1.82) is 0 Å². The van der Waals surface area contributed by atoms with Crippen LogP contribution in [0.5, 0.6) is 0 Å². The zero-order valence-corrected chi connectivity index (χ0v) is 20.4. The maximum absolute atomic E-state index is 13.2. The normalized spacial score (nSPS) is 42.5. The van der Waals surface area contributed by atoms with Crippen molar-refractivity contribution in [3.05, 3.63) is 11.6 Å². The molecule has 0 aromatic carbocycles. The fourth-order valence-corrected chi connectivity index (χ4v) is 8.26. The van der Waals surface area contributed by atoms with Crippen LogP contribution in [0.4, 0.5) is 0 Å². The standard InChI is InChI=1S/C27H40O6/c1-4-5-9-23(32)33-27(22(31)16-28)13-11-20-19-8-6-7-17-14-18(29)10-12-25(17,2)24(19)21(30)15-26(20,27)3/h14,19-21,24,28,30H,4-13,15-16H2,1-3H3/t19-,20+,21+,24-,25+,26+,27+/m1/s1. The highest BCUT2D eigenvalue weighted by molar-refractivity contribution is 5.92.